The van der Waals surface area contributed by atoms with Crippen LogP contribution in [-0.4, -0.2) is 37.0 Å². The van der Waals surface area contributed by atoms with Crippen LogP contribution in [0.5, 0.6) is 0 Å². The van der Waals surface area contributed by atoms with Gasteiger partial charge in [-0.1, -0.05) is 0 Å². The van der Waals surface area contributed by atoms with Gasteiger partial charge in [0.05, 0.1) is 17.3 Å². The first-order valence-electron chi connectivity index (χ1n) is 6.29. The van der Waals surface area contributed by atoms with Crippen LogP contribution in [0.25, 0.3) is 11.0 Å². The van der Waals surface area contributed by atoms with Crippen molar-refractivity contribution < 1.29 is 0 Å². The maximum absolute atomic E-state index is 4.42. The van der Waals surface area contributed by atoms with Crippen molar-refractivity contribution in [1.29, 1.82) is 0 Å². The van der Waals surface area contributed by atoms with Crippen molar-refractivity contribution in [1.82, 2.24) is 29.9 Å². The monoisotopic (exact) mass is 272 g/mol. The van der Waals surface area contributed by atoms with Crippen molar-refractivity contribution in [3.8, 4) is 0 Å². The van der Waals surface area contributed by atoms with Gasteiger partial charge in [-0.15, -0.1) is 0 Å². The van der Waals surface area contributed by atoms with Crippen LogP contribution in [0.1, 0.15) is 11.3 Å². The summed E-state index contributed by atoms with van der Waals surface area (Å²) < 4.78 is 1.80. The minimum atomic E-state index is 0.548. The zero-order valence-electron chi connectivity index (χ0n) is 11.6. The van der Waals surface area contributed by atoms with Gasteiger partial charge in [-0.05, 0) is 6.92 Å². The van der Waals surface area contributed by atoms with Gasteiger partial charge in [0.15, 0.2) is 5.65 Å². The van der Waals surface area contributed by atoms with Crippen molar-refractivity contribution in [3.05, 3.63) is 23.7 Å². The Morgan fingerprint density at radius 2 is 2.20 bits per heavy atom. The molecule has 3 N–H and O–H groups in total. The number of rotatable bonds is 4. The van der Waals surface area contributed by atoms with Crippen LogP contribution in [0.2, 0.25) is 0 Å². The highest BCUT2D eigenvalue weighted by molar-refractivity contribution is 5.86. The molecule has 104 valence electrons. The molecule has 0 unspecified atom stereocenters. The molecule has 3 rings (SSSR count). The molecule has 8 heteroatoms. The number of fused-ring (bicyclic) bond motifs is 1. The second-order valence-electron chi connectivity index (χ2n) is 4.55. The number of nitrogens with zero attached hydrogens (tertiary/aromatic N) is 5. The molecule has 0 aliphatic rings. The highest BCUT2D eigenvalue weighted by atomic mass is 15.3. The standard InChI is InChI=1S/C12H16N8/c1-7-8(6-20(3)19-7)4-14-10-9-5-15-18-11(9)17-12(13-2)16-10/h5-6H,4H2,1-3H3,(H3,13,14,15,16,17,18). The van der Waals surface area contributed by atoms with Crippen LogP contribution in [0, 0.1) is 6.92 Å². The Morgan fingerprint density at radius 1 is 1.35 bits per heavy atom. The fraction of sp³-hybridized carbons (Fsp3) is 0.333. The Balaban J connectivity index is 1.90. The molecule has 0 bridgehead atoms. The molecule has 0 saturated carbocycles. The number of hydrogen-bond donors (Lipinski definition) is 3. The summed E-state index contributed by atoms with van der Waals surface area (Å²) >= 11 is 0. The second-order valence-corrected chi connectivity index (χ2v) is 4.55. The summed E-state index contributed by atoms with van der Waals surface area (Å²) in [4.78, 5) is 8.72. The van der Waals surface area contributed by atoms with E-state index in [2.05, 4.69) is 35.9 Å². The highest BCUT2D eigenvalue weighted by Gasteiger charge is 2.10. The lowest BCUT2D eigenvalue weighted by Gasteiger charge is -2.07. The Bertz CT molecular complexity index is 741. The van der Waals surface area contributed by atoms with Crippen molar-refractivity contribution in [2.45, 2.75) is 13.5 Å². The van der Waals surface area contributed by atoms with Crippen LogP contribution in [0.3, 0.4) is 0 Å². The molecule has 20 heavy (non-hydrogen) atoms. The number of nitrogens with one attached hydrogen (secondary N) is 3. The van der Waals surface area contributed by atoms with Gasteiger partial charge >= 0.3 is 0 Å². The zero-order chi connectivity index (χ0) is 14.1. The van der Waals surface area contributed by atoms with Crippen LogP contribution < -0.4 is 10.6 Å². The van der Waals surface area contributed by atoms with Gasteiger partial charge in [0.25, 0.3) is 0 Å². The molecule has 0 radical (unpaired) electrons. The molecule has 0 aromatic carbocycles. The van der Waals surface area contributed by atoms with Crippen molar-refractivity contribution >= 4 is 22.8 Å². The van der Waals surface area contributed by atoms with E-state index in [-0.39, 0.29) is 0 Å². The Morgan fingerprint density at radius 3 is 2.90 bits per heavy atom. The maximum atomic E-state index is 4.42. The van der Waals surface area contributed by atoms with E-state index in [4.69, 9.17) is 0 Å². The Kier molecular flexibility index (Phi) is 2.97. The summed E-state index contributed by atoms with van der Waals surface area (Å²) in [5.74, 6) is 1.29. The SMILES string of the molecule is CNc1nc(NCc2cn(C)nc2C)c2cn[nH]c2n1. The third kappa shape index (κ3) is 2.15. The first-order valence-corrected chi connectivity index (χ1v) is 6.29. The van der Waals surface area contributed by atoms with Crippen LogP contribution in [-0.2, 0) is 13.6 Å². The summed E-state index contributed by atoms with van der Waals surface area (Å²) in [7, 11) is 3.70. The van der Waals surface area contributed by atoms with Crippen LogP contribution in [0.4, 0.5) is 11.8 Å². The fourth-order valence-electron chi connectivity index (χ4n) is 2.08. The minimum absolute atomic E-state index is 0.548. The minimum Gasteiger partial charge on any atom is -0.365 e. The lowest BCUT2D eigenvalue weighted by molar-refractivity contribution is 0.756. The summed E-state index contributed by atoms with van der Waals surface area (Å²) in [6.45, 7) is 2.64. The third-order valence-corrected chi connectivity index (χ3v) is 3.09. The zero-order valence-corrected chi connectivity index (χ0v) is 11.6. The maximum Gasteiger partial charge on any atom is 0.226 e. The molecular weight excluding hydrogens is 256 g/mol. The molecule has 0 aliphatic heterocycles. The van der Waals surface area contributed by atoms with Crippen LogP contribution in [0.15, 0.2) is 12.4 Å². The molecule has 0 spiro atoms. The Labute approximate surface area is 115 Å². The molecular formula is C12H16N8. The molecule has 0 amide bonds. The number of anilines is 2. The summed E-state index contributed by atoms with van der Waals surface area (Å²) in [5.41, 5.74) is 2.84. The largest absolute Gasteiger partial charge is 0.365 e. The first-order chi connectivity index (χ1) is 9.67. The van der Waals surface area contributed by atoms with Gasteiger partial charge in [0, 0.05) is 32.4 Å². The molecule has 3 aromatic rings. The normalized spacial score (nSPS) is 10.9. The van der Waals surface area contributed by atoms with Gasteiger partial charge in [-0.3, -0.25) is 9.78 Å². The molecule has 0 atom stereocenters. The molecule has 0 aliphatic carbocycles. The average Bonchev–Trinajstić information content (AvgIpc) is 3.02. The smallest absolute Gasteiger partial charge is 0.226 e. The van der Waals surface area contributed by atoms with Crippen molar-refractivity contribution in [2.24, 2.45) is 7.05 Å². The van der Waals surface area contributed by atoms with E-state index in [1.54, 1.807) is 17.9 Å². The number of hydrogen-bond acceptors (Lipinski definition) is 6. The van der Waals surface area contributed by atoms with Gasteiger partial charge < -0.3 is 10.6 Å². The summed E-state index contributed by atoms with van der Waals surface area (Å²) in [6, 6.07) is 0. The van der Waals surface area contributed by atoms with Gasteiger partial charge in [0.1, 0.15) is 5.82 Å². The molecule has 0 saturated heterocycles. The van der Waals surface area contributed by atoms with E-state index < -0.39 is 0 Å². The molecule has 8 nitrogen and oxygen atoms in total. The predicted molar refractivity (Wildman–Crippen MR) is 76.5 cm³/mol. The molecule has 3 heterocycles. The molecule has 3 aromatic heterocycles. The van der Waals surface area contributed by atoms with Gasteiger partial charge in [0.2, 0.25) is 5.95 Å². The quantitative estimate of drug-likeness (QED) is 0.657. The fourth-order valence-corrected chi connectivity index (χ4v) is 2.08. The average molecular weight is 272 g/mol. The van der Waals surface area contributed by atoms with E-state index >= 15 is 0 Å². The lowest BCUT2D eigenvalue weighted by atomic mass is 10.2. The number of aromatic nitrogens is 6. The summed E-state index contributed by atoms with van der Waals surface area (Å²) in [5, 5.41) is 18.3. The lowest BCUT2D eigenvalue weighted by Crippen LogP contribution is -2.05. The van der Waals surface area contributed by atoms with E-state index in [1.165, 1.54) is 0 Å². The van der Waals surface area contributed by atoms with E-state index in [9.17, 15) is 0 Å². The van der Waals surface area contributed by atoms with Gasteiger partial charge in [-0.2, -0.15) is 20.2 Å². The summed E-state index contributed by atoms with van der Waals surface area (Å²) in [6.07, 6.45) is 3.71. The Hall–Kier alpha value is -2.64. The van der Waals surface area contributed by atoms with Crippen molar-refractivity contribution in [2.75, 3.05) is 17.7 Å². The topological polar surface area (TPSA) is 96.3 Å². The van der Waals surface area contributed by atoms with Crippen molar-refractivity contribution in [3.63, 3.8) is 0 Å². The van der Waals surface area contributed by atoms with Gasteiger partial charge in [-0.25, -0.2) is 0 Å². The van der Waals surface area contributed by atoms with E-state index in [0.29, 0.717) is 18.1 Å². The third-order valence-electron chi connectivity index (χ3n) is 3.09. The molecule has 0 fully saturated rings. The van der Waals surface area contributed by atoms with E-state index in [0.717, 1.165) is 22.5 Å². The number of H-pyrrole nitrogens is 1. The predicted octanol–water partition coefficient (Wildman–Crippen LogP) is 1.05. The van der Waals surface area contributed by atoms with E-state index in [1.807, 2.05) is 20.2 Å². The highest BCUT2D eigenvalue weighted by Crippen LogP contribution is 2.20. The first kappa shape index (κ1) is 12.4. The number of aromatic amines is 1. The second kappa shape index (κ2) is 4.80. The van der Waals surface area contributed by atoms with Crippen LogP contribution >= 0.6 is 0 Å². The number of aryl methyl sites for hydroxylation is 2.